The molecule has 0 aliphatic heterocycles. The quantitative estimate of drug-likeness (QED) is 0.368. The molecule has 0 unspecified atom stereocenters. The Kier molecular flexibility index (Phi) is 4.59. The summed E-state index contributed by atoms with van der Waals surface area (Å²) < 4.78 is 10.2. The molecule has 6 nitrogen and oxygen atoms in total. The minimum absolute atomic E-state index is 0.0622. The van der Waals surface area contributed by atoms with Crippen LogP contribution in [0.3, 0.4) is 0 Å². The van der Waals surface area contributed by atoms with Gasteiger partial charge in [-0.05, 0) is 12.1 Å². The number of benzene rings is 1. The van der Waals surface area contributed by atoms with Crippen LogP contribution in [0.4, 0.5) is 0 Å². The lowest BCUT2D eigenvalue weighted by atomic mass is 10.2. The Bertz CT molecular complexity index is 456. The Morgan fingerprint density at radius 2 is 2.06 bits per heavy atom. The second-order valence-electron chi connectivity index (χ2n) is 3.05. The third-order valence-electron chi connectivity index (χ3n) is 1.88. The van der Waals surface area contributed by atoms with Crippen LogP contribution in [0.2, 0.25) is 5.02 Å². The molecule has 1 aromatic rings. The number of halogens is 1. The van der Waals surface area contributed by atoms with Gasteiger partial charge in [0.2, 0.25) is 6.21 Å². The van der Waals surface area contributed by atoms with Crippen molar-refractivity contribution in [1.82, 2.24) is 0 Å². The van der Waals surface area contributed by atoms with Crippen LogP contribution in [0, 0.1) is 0 Å². The molecule has 17 heavy (non-hydrogen) atoms. The van der Waals surface area contributed by atoms with E-state index in [4.69, 9.17) is 32.5 Å². The molecule has 0 spiro atoms. The van der Waals surface area contributed by atoms with Crippen molar-refractivity contribution >= 4 is 23.8 Å². The molecule has 1 aromatic carbocycles. The highest BCUT2D eigenvalue weighted by Crippen LogP contribution is 2.35. The molecule has 0 aromatic heterocycles. The van der Waals surface area contributed by atoms with Gasteiger partial charge in [-0.2, -0.15) is 0 Å². The van der Waals surface area contributed by atoms with Gasteiger partial charge in [0.25, 0.3) is 5.96 Å². The van der Waals surface area contributed by atoms with E-state index in [-0.39, 0.29) is 5.96 Å². The summed E-state index contributed by atoms with van der Waals surface area (Å²) in [4.78, 5) is 0. The molecule has 0 saturated carbocycles. The molecule has 0 aliphatic rings. The van der Waals surface area contributed by atoms with Crippen LogP contribution < -0.4 is 26.0 Å². The standard InChI is InChI=1S/C10H13ClN4O2/c1-16-8-4-6(5-14-15-10(12)13)3-7(11)9(8)17-2/h3-5H,1-2H3,(H4,12,13,15)/p+1/b14-5-. The van der Waals surface area contributed by atoms with Crippen LogP contribution in [0.1, 0.15) is 5.56 Å². The van der Waals surface area contributed by atoms with Crippen molar-refractivity contribution < 1.29 is 14.6 Å². The molecule has 0 radical (unpaired) electrons. The predicted octanol–water partition coefficient (Wildman–Crippen LogP) is -0.955. The monoisotopic (exact) mass is 257 g/mol. The Labute approximate surface area is 104 Å². The van der Waals surface area contributed by atoms with Gasteiger partial charge in [-0.3, -0.25) is 0 Å². The number of rotatable bonds is 4. The van der Waals surface area contributed by atoms with Crippen LogP contribution in [0.15, 0.2) is 17.2 Å². The van der Waals surface area contributed by atoms with E-state index in [0.717, 1.165) is 5.56 Å². The zero-order valence-electron chi connectivity index (χ0n) is 9.53. The Morgan fingerprint density at radius 3 is 2.59 bits per heavy atom. The molecule has 5 N–H and O–H groups in total. The highest BCUT2D eigenvalue weighted by atomic mass is 35.5. The Balaban J connectivity index is 3.07. The van der Waals surface area contributed by atoms with Crippen LogP contribution in [-0.2, 0) is 0 Å². The van der Waals surface area contributed by atoms with Crippen LogP contribution in [0.25, 0.3) is 0 Å². The summed E-state index contributed by atoms with van der Waals surface area (Å²) in [6.45, 7) is 0. The lowest BCUT2D eigenvalue weighted by molar-refractivity contribution is -0.456. The number of hydrogen-bond donors (Lipinski definition) is 3. The smallest absolute Gasteiger partial charge is 0.256 e. The number of nitrogens with zero attached hydrogens (tertiary/aromatic N) is 1. The third-order valence-corrected chi connectivity index (χ3v) is 2.16. The summed E-state index contributed by atoms with van der Waals surface area (Å²) in [5.74, 6) is 0.943. The summed E-state index contributed by atoms with van der Waals surface area (Å²) >= 11 is 6.02. The first-order valence-electron chi connectivity index (χ1n) is 4.67. The first kappa shape index (κ1) is 13.1. The molecule has 0 saturated heterocycles. The summed E-state index contributed by atoms with van der Waals surface area (Å²) in [6, 6.07) is 3.43. The molecule has 7 heteroatoms. The van der Waals surface area contributed by atoms with E-state index in [1.165, 1.54) is 14.2 Å². The maximum Gasteiger partial charge on any atom is 0.256 e. The normalized spacial score (nSPS) is 10.3. The molecule has 0 atom stereocenters. The van der Waals surface area contributed by atoms with Crippen molar-refractivity contribution in [3.63, 3.8) is 0 Å². The van der Waals surface area contributed by atoms with Crippen molar-refractivity contribution in [2.45, 2.75) is 0 Å². The van der Waals surface area contributed by atoms with E-state index < -0.39 is 0 Å². The second kappa shape index (κ2) is 5.95. The van der Waals surface area contributed by atoms with E-state index >= 15 is 0 Å². The summed E-state index contributed by atoms with van der Waals surface area (Å²) in [6.07, 6.45) is 1.58. The van der Waals surface area contributed by atoms with Gasteiger partial charge >= 0.3 is 0 Å². The maximum absolute atomic E-state index is 6.02. The van der Waals surface area contributed by atoms with E-state index in [1.807, 2.05) is 0 Å². The number of ether oxygens (including phenoxy) is 2. The minimum atomic E-state index is -0.0622. The topological polar surface area (TPSA) is 96.8 Å². The zero-order valence-corrected chi connectivity index (χ0v) is 10.3. The lowest BCUT2D eigenvalue weighted by Crippen LogP contribution is -2.63. The van der Waals surface area contributed by atoms with E-state index in [9.17, 15) is 0 Å². The van der Waals surface area contributed by atoms with Crippen LogP contribution in [0.5, 0.6) is 11.5 Å². The van der Waals surface area contributed by atoms with Crippen molar-refractivity contribution in [3.8, 4) is 11.5 Å². The molecule has 1 rings (SSSR count). The van der Waals surface area contributed by atoms with Gasteiger partial charge in [0.15, 0.2) is 11.5 Å². The van der Waals surface area contributed by atoms with Gasteiger partial charge < -0.3 is 20.9 Å². The van der Waals surface area contributed by atoms with Crippen LogP contribution >= 0.6 is 11.6 Å². The average Bonchev–Trinajstić information content (AvgIpc) is 2.27. The fourth-order valence-corrected chi connectivity index (χ4v) is 1.50. The molecule has 0 fully saturated rings. The minimum Gasteiger partial charge on any atom is -0.493 e. The molecule has 0 aliphatic carbocycles. The number of guanidine groups is 1. The largest absolute Gasteiger partial charge is 0.493 e. The fourth-order valence-electron chi connectivity index (χ4n) is 1.20. The zero-order chi connectivity index (χ0) is 12.8. The number of nitrogens with one attached hydrogen (secondary N) is 1. The Hall–Kier alpha value is -1.95. The summed E-state index contributed by atoms with van der Waals surface area (Å²) in [7, 11) is 3.05. The van der Waals surface area contributed by atoms with Crippen molar-refractivity contribution in [2.24, 2.45) is 16.6 Å². The summed E-state index contributed by atoms with van der Waals surface area (Å²) in [5.41, 5.74) is 11.1. The van der Waals surface area contributed by atoms with E-state index in [0.29, 0.717) is 16.5 Å². The van der Waals surface area contributed by atoms with E-state index in [2.05, 4.69) is 10.2 Å². The first-order valence-corrected chi connectivity index (χ1v) is 5.05. The molecule has 0 heterocycles. The lowest BCUT2D eigenvalue weighted by Gasteiger charge is -2.08. The highest BCUT2D eigenvalue weighted by Gasteiger charge is 2.10. The fraction of sp³-hybridized carbons (Fsp3) is 0.200. The van der Waals surface area contributed by atoms with E-state index in [1.54, 1.807) is 18.3 Å². The van der Waals surface area contributed by atoms with Crippen molar-refractivity contribution in [2.75, 3.05) is 14.2 Å². The second-order valence-corrected chi connectivity index (χ2v) is 3.46. The summed E-state index contributed by atoms with van der Waals surface area (Å²) in [5, 5.41) is 6.61. The molecule has 0 bridgehead atoms. The molecular weight excluding hydrogens is 244 g/mol. The number of nitrogens with two attached hydrogens (primary N) is 2. The molecular formula is C10H14ClN4O2+. The van der Waals surface area contributed by atoms with Gasteiger partial charge in [-0.15, -0.1) is 5.10 Å². The predicted molar refractivity (Wildman–Crippen MR) is 66.5 cm³/mol. The van der Waals surface area contributed by atoms with Crippen molar-refractivity contribution in [1.29, 1.82) is 0 Å². The maximum atomic E-state index is 6.02. The van der Waals surface area contributed by atoms with Crippen molar-refractivity contribution in [3.05, 3.63) is 22.7 Å². The number of methoxy groups -OCH3 is 2. The van der Waals surface area contributed by atoms with Gasteiger partial charge in [-0.1, -0.05) is 11.6 Å². The SMILES string of the molecule is COc1cc(/C=[NH+]\N=C(N)N)cc(Cl)c1OC. The van der Waals surface area contributed by atoms with Gasteiger partial charge in [0.1, 0.15) is 0 Å². The average molecular weight is 258 g/mol. The van der Waals surface area contributed by atoms with Crippen LogP contribution in [-0.4, -0.2) is 26.4 Å². The highest BCUT2D eigenvalue weighted by molar-refractivity contribution is 6.32. The van der Waals surface area contributed by atoms with Gasteiger partial charge in [0.05, 0.1) is 19.2 Å². The molecule has 0 amide bonds. The third kappa shape index (κ3) is 3.53. The number of hydrazone groups is 1. The first-order chi connectivity index (χ1) is 8.08. The van der Waals surface area contributed by atoms with Gasteiger partial charge in [0, 0.05) is 10.7 Å². The van der Waals surface area contributed by atoms with Gasteiger partial charge in [-0.25, -0.2) is 0 Å². The number of hydrogen-bond acceptors (Lipinski definition) is 3. The Morgan fingerprint density at radius 1 is 1.35 bits per heavy atom. The molecule has 92 valence electrons.